The number of allylic oxidation sites excluding steroid dienone is 2. The topological polar surface area (TPSA) is 45.5 Å². The van der Waals surface area contributed by atoms with E-state index in [4.69, 9.17) is 5.11 Å². The molecule has 4 rings (SSSR count). The summed E-state index contributed by atoms with van der Waals surface area (Å²) in [6.07, 6.45) is 8.97. The van der Waals surface area contributed by atoms with Crippen molar-refractivity contribution < 1.29 is 9.90 Å². The molecular formula is C15H18N2O2. The third-order valence-corrected chi connectivity index (χ3v) is 4.81. The van der Waals surface area contributed by atoms with Gasteiger partial charge in [0.1, 0.15) is 0 Å². The van der Waals surface area contributed by atoms with E-state index in [0.717, 1.165) is 25.4 Å². The van der Waals surface area contributed by atoms with E-state index in [2.05, 4.69) is 4.90 Å². The highest BCUT2D eigenvalue weighted by Gasteiger charge is 2.35. The molecule has 0 radical (unpaired) electrons. The Kier molecular flexibility index (Phi) is 2.28. The molecule has 0 spiro atoms. The van der Waals surface area contributed by atoms with E-state index in [9.17, 15) is 4.79 Å². The Bertz CT molecular complexity index is 585. The maximum absolute atomic E-state index is 11.1. The van der Waals surface area contributed by atoms with Gasteiger partial charge in [-0.1, -0.05) is 0 Å². The third kappa shape index (κ3) is 1.55. The highest BCUT2D eigenvalue weighted by atomic mass is 16.4. The second-order valence-corrected chi connectivity index (χ2v) is 5.90. The molecule has 3 aliphatic rings. The predicted molar refractivity (Wildman–Crippen MR) is 71.8 cm³/mol. The summed E-state index contributed by atoms with van der Waals surface area (Å²) >= 11 is 0. The third-order valence-electron chi connectivity index (χ3n) is 4.81. The Morgan fingerprint density at radius 1 is 1.26 bits per heavy atom. The first kappa shape index (κ1) is 11.1. The first-order chi connectivity index (χ1) is 9.24. The molecule has 0 amide bonds. The van der Waals surface area contributed by atoms with Gasteiger partial charge in [-0.25, -0.2) is 4.79 Å². The monoisotopic (exact) mass is 258 g/mol. The lowest BCUT2D eigenvalue weighted by molar-refractivity contribution is 0.196. The molecule has 3 heterocycles. The van der Waals surface area contributed by atoms with Crippen molar-refractivity contribution in [2.45, 2.75) is 38.6 Å². The van der Waals surface area contributed by atoms with Crippen LogP contribution in [0, 0.1) is 5.92 Å². The molecule has 0 saturated carbocycles. The van der Waals surface area contributed by atoms with Crippen LogP contribution in [0.1, 0.15) is 43.2 Å². The largest absolute Gasteiger partial charge is 0.464 e. The van der Waals surface area contributed by atoms with Gasteiger partial charge in [-0.3, -0.25) is 4.57 Å². The van der Waals surface area contributed by atoms with E-state index < -0.39 is 6.09 Å². The number of nitrogens with zero attached hydrogens (tertiary/aromatic N) is 2. The minimum Gasteiger partial charge on any atom is -0.464 e. The van der Waals surface area contributed by atoms with Gasteiger partial charge >= 0.3 is 6.09 Å². The van der Waals surface area contributed by atoms with Gasteiger partial charge < -0.3 is 10.0 Å². The average Bonchev–Trinajstić information content (AvgIpc) is 2.84. The molecule has 0 bridgehead atoms. The molecule has 19 heavy (non-hydrogen) atoms. The van der Waals surface area contributed by atoms with Crippen LogP contribution in [0.2, 0.25) is 0 Å². The van der Waals surface area contributed by atoms with E-state index in [1.54, 1.807) is 6.20 Å². The Morgan fingerprint density at radius 2 is 2.11 bits per heavy atom. The lowest BCUT2D eigenvalue weighted by atomic mass is 9.77. The van der Waals surface area contributed by atoms with Crippen LogP contribution in [-0.4, -0.2) is 27.2 Å². The summed E-state index contributed by atoms with van der Waals surface area (Å²) in [5, 5.41) is 9.15. The van der Waals surface area contributed by atoms with Crippen LogP contribution >= 0.6 is 0 Å². The summed E-state index contributed by atoms with van der Waals surface area (Å²) < 4.78 is 1.32. The molecule has 1 aromatic rings. The molecule has 4 heteroatoms. The smallest absolute Gasteiger partial charge is 0.415 e. The van der Waals surface area contributed by atoms with Crippen molar-refractivity contribution >= 4 is 11.7 Å². The van der Waals surface area contributed by atoms with Gasteiger partial charge in [0.25, 0.3) is 0 Å². The van der Waals surface area contributed by atoms with Crippen molar-refractivity contribution in [2.24, 2.45) is 5.92 Å². The summed E-state index contributed by atoms with van der Waals surface area (Å²) in [6.45, 7) is 2.03. The van der Waals surface area contributed by atoms with Gasteiger partial charge in [0.05, 0.1) is 0 Å². The number of hydrogen-bond donors (Lipinski definition) is 1. The first-order valence-electron chi connectivity index (χ1n) is 7.16. The molecule has 1 saturated heterocycles. The average molecular weight is 258 g/mol. The number of carbonyl (C=O) groups is 1. The molecule has 1 fully saturated rings. The quantitative estimate of drug-likeness (QED) is 0.777. The lowest BCUT2D eigenvalue weighted by Crippen LogP contribution is -2.37. The van der Waals surface area contributed by atoms with Crippen molar-refractivity contribution in [1.29, 1.82) is 0 Å². The van der Waals surface area contributed by atoms with Crippen LogP contribution in [0.5, 0.6) is 0 Å². The molecule has 100 valence electrons. The number of rotatable bonds is 0. The van der Waals surface area contributed by atoms with Gasteiger partial charge in [-0.15, -0.1) is 0 Å². The summed E-state index contributed by atoms with van der Waals surface area (Å²) in [5.41, 5.74) is 5.34. The van der Waals surface area contributed by atoms with Gasteiger partial charge in [0.2, 0.25) is 0 Å². The van der Waals surface area contributed by atoms with E-state index in [1.807, 2.05) is 6.20 Å². The first-order valence-corrected chi connectivity index (χ1v) is 7.16. The van der Waals surface area contributed by atoms with Gasteiger partial charge in [-0.2, -0.15) is 0 Å². The van der Waals surface area contributed by atoms with Crippen LogP contribution in [-0.2, 0) is 6.54 Å². The van der Waals surface area contributed by atoms with Crippen LogP contribution < -0.4 is 0 Å². The van der Waals surface area contributed by atoms with Crippen molar-refractivity contribution in [3.63, 3.8) is 0 Å². The zero-order chi connectivity index (χ0) is 13.0. The Labute approximate surface area is 112 Å². The second kappa shape index (κ2) is 3.89. The lowest BCUT2D eigenvalue weighted by Gasteiger charge is -2.44. The predicted octanol–water partition coefficient (Wildman–Crippen LogP) is 3.13. The van der Waals surface area contributed by atoms with E-state index in [0.29, 0.717) is 0 Å². The molecule has 1 atom stereocenters. The number of aromatic nitrogens is 1. The summed E-state index contributed by atoms with van der Waals surface area (Å²) in [6, 6.07) is 0. The Hall–Kier alpha value is -1.71. The van der Waals surface area contributed by atoms with E-state index in [1.165, 1.54) is 52.6 Å². The fourth-order valence-corrected chi connectivity index (χ4v) is 4.06. The Morgan fingerprint density at radius 3 is 2.95 bits per heavy atom. The van der Waals surface area contributed by atoms with Crippen molar-refractivity contribution in [3.8, 4) is 0 Å². The minimum absolute atomic E-state index is 0.721. The minimum atomic E-state index is -0.884. The SMILES string of the molecule is O=C(O)n1cc2c(c1)C1=C3C(CCC1)CCCN3C2. The molecule has 1 unspecified atom stereocenters. The highest BCUT2D eigenvalue weighted by Crippen LogP contribution is 2.46. The van der Waals surface area contributed by atoms with Crippen molar-refractivity contribution in [1.82, 2.24) is 9.47 Å². The fourth-order valence-electron chi connectivity index (χ4n) is 4.06. The molecular weight excluding hydrogens is 240 g/mol. The molecule has 1 N–H and O–H groups in total. The zero-order valence-electron chi connectivity index (χ0n) is 10.9. The van der Waals surface area contributed by atoms with Crippen LogP contribution in [0.3, 0.4) is 0 Å². The number of hydrogen-bond acceptors (Lipinski definition) is 2. The second-order valence-electron chi connectivity index (χ2n) is 5.90. The van der Waals surface area contributed by atoms with Crippen molar-refractivity contribution in [3.05, 3.63) is 29.2 Å². The summed E-state index contributed by atoms with van der Waals surface area (Å²) in [4.78, 5) is 13.6. The molecule has 4 nitrogen and oxygen atoms in total. The number of fused-ring (bicyclic) bond motifs is 2. The van der Waals surface area contributed by atoms with Gasteiger partial charge in [-0.05, 0) is 49.2 Å². The molecule has 2 aliphatic heterocycles. The maximum atomic E-state index is 11.1. The van der Waals surface area contributed by atoms with Crippen LogP contribution in [0.4, 0.5) is 4.79 Å². The van der Waals surface area contributed by atoms with Gasteiger partial charge in [0, 0.05) is 36.7 Å². The van der Waals surface area contributed by atoms with Crippen LogP contribution in [0.25, 0.3) is 5.57 Å². The zero-order valence-corrected chi connectivity index (χ0v) is 10.9. The molecule has 0 aromatic carbocycles. The standard InChI is InChI=1S/C15H18N2O2/c18-15(19)17-8-11-7-16-6-2-4-10-3-1-5-12(14(10)16)13(11)9-17/h8-10H,1-7H2,(H,18,19). The number of piperidine rings is 1. The highest BCUT2D eigenvalue weighted by molar-refractivity contribution is 5.77. The normalized spacial score (nSPS) is 25.1. The Balaban J connectivity index is 1.87. The van der Waals surface area contributed by atoms with E-state index >= 15 is 0 Å². The fraction of sp³-hybridized carbons (Fsp3) is 0.533. The van der Waals surface area contributed by atoms with E-state index in [-0.39, 0.29) is 0 Å². The summed E-state index contributed by atoms with van der Waals surface area (Å²) in [5.74, 6) is 0.721. The van der Waals surface area contributed by atoms with Gasteiger partial charge in [0.15, 0.2) is 0 Å². The summed E-state index contributed by atoms with van der Waals surface area (Å²) in [7, 11) is 0. The molecule has 1 aliphatic carbocycles. The van der Waals surface area contributed by atoms with Crippen molar-refractivity contribution in [2.75, 3.05) is 6.54 Å². The number of carboxylic acid groups (broad SMARTS) is 1. The maximum Gasteiger partial charge on any atom is 0.415 e. The molecule has 1 aromatic heterocycles. The van der Waals surface area contributed by atoms with Crippen LogP contribution in [0.15, 0.2) is 18.1 Å².